The average Bonchev–Trinajstić information content (AvgIpc) is 2.41. The number of methoxy groups -OCH3 is 1. The lowest BCUT2D eigenvalue weighted by Gasteiger charge is -2.17. The van der Waals surface area contributed by atoms with Crippen molar-refractivity contribution in [2.75, 3.05) is 14.2 Å². The highest BCUT2D eigenvalue weighted by Crippen LogP contribution is 2.25. The largest absolute Gasteiger partial charge is 0.494 e. The van der Waals surface area contributed by atoms with Crippen LogP contribution in [-0.2, 0) is 0 Å². The molecule has 1 heterocycles. The van der Waals surface area contributed by atoms with Crippen molar-refractivity contribution in [2.24, 2.45) is 0 Å². The smallest absolute Gasteiger partial charge is 0.165 e. The molecular weight excluding hydrogens is 233 g/mol. The van der Waals surface area contributed by atoms with Gasteiger partial charge >= 0.3 is 0 Å². The monoisotopic (exact) mass is 247 g/mol. The lowest BCUT2D eigenvalue weighted by Crippen LogP contribution is -2.18. The summed E-state index contributed by atoms with van der Waals surface area (Å²) in [4.78, 5) is 7.93. The Hall–Kier alpha value is -2.01. The minimum absolute atomic E-state index is 0.147. The molecule has 0 saturated carbocycles. The summed E-state index contributed by atoms with van der Waals surface area (Å²) in [5, 5.41) is 3.11. The van der Waals surface area contributed by atoms with Gasteiger partial charge in [0.25, 0.3) is 0 Å². The van der Waals surface area contributed by atoms with Gasteiger partial charge in [-0.25, -0.2) is 14.4 Å². The quantitative estimate of drug-likeness (QED) is 0.896. The van der Waals surface area contributed by atoms with E-state index in [0.29, 0.717) is 0 Å². The predicted octanol–water partition coefficient (Wildman–Crippen LogP) is 1.93. The molecule has 0 amide bonds. The number of nitrogens with zero attached hydrogens (tertiary/aromatic N) is 2. The molecule has 0 spiro atoms. The molecule has 5 heteroatoms. The van der Waals surface area contributed by atoms with Crippen LogP contribution in [-0.4, -0.2) is 24.1 Å². The zero-order valence-corrected chi connectivity index (χ0v) is 10.2. The van der Waals surface area contributed by atoms with Crippen LogP contribution in [0.25, 0.3) is 0 Å². The molecule has 1 N–H and O–H groups in total. The molecule has 0 radical (unpaired) electrons. The van der Waals surface area contributed by atoms with E-state index in [-0.39, 0.29) is 17.6 Å². The minimum atomic E-state index is -0.382. The molecule has 1 aromatic carbocycles. The summed E-state index contributed by atoms with van der Waals surface area (Å²) in [5.74, 6) is -0.148. The highest BCUT2D eigenvalue weighted by Gasteiger charge is 2.14. The van der Waals surface area contributed by atoms with Crippen molar-refractivity contribution >= 4 is 0 Å². The first-order valence-corrected chi connectivity index (χ1v) is 5.52. The lowest BCUT2D eigenvalue weighted by atomic mass is 10.0. The van der Waals surface area contributed by atoms with Crippen molar-refractivity contribution in [3.8, 4) is 5.75 Å². The van der Waals surface area contributed by atoms with Crippen LogP contribution >= 0.6 is 0 Å². The SMILES string of the molecule is CNC(c1cncnc1)c1ccc(OC)c(F)c1. The highest BCUT2D eigenvalue weighted by atomic mass is 19.1. The lowest BCUT2D eigenvalue weighted by molar-refractivity contribution is 0.386. The van der Waals surface area contributed by atoms with E-state index in [9.17, 15) is 4.39 Å². The fraction of sp³-hybridized carbons (Fsp3) is 0.231. The first-order chi connectivity index (χ1) is 8.76. The van der Waals surface area contributed by atoms with Gasteiger partial charge in [-0.3, -0.25) is 0 Å². The molecular formula is C13H14FN3O. The second-order valence-electron chi connectivity index (χ2n) is 3.79. The van der Waals surface area contributed by atoms with Crippen molar-refractivity contribution in [3.63, 3.8) is 0 Å². The number of ether oxygens (including phenoxy) is 1. The summed E-state index contributed by atoms with van der Waals surface area (Å²) in [5.41, 5.74) is 1.68. The molecule has 18 heavy (non-hydrogen) atoms. The first kappa shape index (κ1) is 12.4. The van der Waals surface area contributed by atoms with Crippen molar-refractivity contribution < 1.29 is 9.13 Å². The van der Waals surface area contributed by atoms with Gasteiger partial charge in [-0.2, -0.15) is 0 Å². The summed E-state index contributed by atoms with van der Waals surface area (Å²) in [7, 11) is 3.25. The summed E-state index contributed by atoms with van der Waals surface area (Å²) in [6, 6.07) is 4.73. The third kappa shape index (κ3) is 2.46. The van der Waals surface area contributed by atoms with E-state index < -0.39 is 0 Å². The second-order valence-corrected chi connectivity index (χ2v) is 3.79. The zero-order valence-electron chi connectivity index (χ0n) is 10.2. The number of halogens is 1. The van der Waals surface area contributed by atoms with Crippen LogP contribution < -0.4 is 10.1 Å². The van der Waals surface area contributed by atoms with E-state index in [1.165, 1.54) is 19.5 Å². The van der Waals surface area contributed by atoms with Gasteiger partial charge in [0.05, 0.1) is 13.2 Å². The molecule has 2 rings (SSSR count). The van der Waals surface area contributed by atoms with Gasteiger partial charge in [0.1, 0.15) is 6.33 Å². The fourth-order valence-electron chi connectivity index (χ4n) is 1.85. The minimum Gasteiger partial charge on any atom is -0.494 e. The van der Waals surface area contributed by atoms with Crippen LogP contribution in [0.4, 0.5) is 4.39 Å². The molecule has 1 unspecified atom stereocenters. The van der Waals surface area contributed by atoms with Crippen LogP contribution in [0.3, 0.4) is 0 Å². The maximum atomic E-state index is 13.7. The summed E-state index contributed by atoms with van der Waals surface area (Å²) in [6.07, 6.45) is 4.87. The molecule has 0 saturated heterocycles. The van der Waals surface area contributed by atoms with Crippen LogP contribution in [0.1, 0.15) is 17.2 Å². The van der Waals surface area contributed by atoms with Crippen LogP contribution in [0.15, 0.2) is 36.9 Å². The van der Waals surface area contributed by atoms with E-state index in [4.69, 9.17) is 4.74 Å². The maximum absolute atomic E-state index is 13.7. The van der Waals surface area contributed by atoms with Gasteiger partial charge in [-0.1, -0.05) is 6.07 Å². The van der Waals surface area contributed by atoms with E-state index in [0.717, 1.165) is 11.1 Å². The normalized spacial score (nSPS) is 12.2. The number of nitrogens with one attached hydrogen (secondary N) is 1. The van der Waals surface area contributed by atoms with E-state index in [1.54, 1.807) is 25.5 Å². The van der Waals surface area contributed by atoms with E-state index in [1.807, 2.05) is 6.07 Å². The van der Waals surface area contributed by atoms with Crippen molar-refractivity contribution in [2.45, 2.75) is 6.04 Å². The molecule has 2 aromatic rings. The van der Waals surface area contributed by atoms with Gasteiger partial charge in [-0.15, -0.1) is 0 Å². The van der Waals surface area contributed by atoms with Crippen molar-refractivity contribution in [1.29, 1.82) is 0 Å². The topological polar surface area (TPSA) is 47.0 Å². The third-order valence-corrected chi connectivity index (χ3v) is 2.71. The Morgan fingerprint density at radius 3 is 2.50 bits per heavy atom. The van der Waals surface area contributed by atoms with E-state index >= 15 is 0 Å². The molecule has 1 atom stereocenters. The van der Waals surface area contributed by atoms with Crippen molar-refractivity contribution in [3.05, 3.63) is 53.9 Å². The molecule has 94 valence electrons. The van der Waals surface area contributed by atoms with Crippen LogP contribution in [0.2, 0.25) is 0 Å². The number of rotatable bonds is 4. The number of aromatic nitrogens is 2. The molecule has 0 aliphatic rings. The van der Waals surface area contributed by atoms with Crippen LogP contribution in [0.5, 0.6) is 5.75 Å². The molecule has 0 aliphatic carbocycles. The summed E-state index contributed by atoms with van der Waals surface area (Å²) < 4.78 is 18.6. The Balaban J connectivity index is 2.37. The molecule has 0 bridgehead atoms. The van der Waals surface area contributed by atoms with Gasteiger partial charge in [0.15, 0.2) is 11.6 Å². The van der Waals surface area contributed by atoms with Gasteiger partial charge < -0.3 is 10.1 Å². The van der Waals surface area contributed by atoms with Gasteiger partial charge in [0, 0.05) is 18.0 Å². The molecule has 0 fully saturated rings. The van der Waals surface area contributed by atoms with Crippen molar-refractivity contribution in [1.82, 2.24) is 15.3 Å². The predicted molar refractivity (Wildman–Crippen MR) is 65.9 cm³/mol. The first-order valence-electron chi connectivity index (χ1n) is 5.52. The van der Waals surface area contributed by atoms with Crippen LogP contribution in [0, 0.1) is 5.82 Å². The Labute approximate surface area is 105 Å². The Morgan fingerprint density at radius 1 is 1.22 bits per heavy atom. The number of hydrogen-bond acceptors (Lipinski definition) is 4. The summed E-state index contributed by atoms with van der Waals surface area (Å²) >= 11 is 0. The standard InChI is InChI=1S/C13H14FN3O/c1-15-13(10-6-16-8-17-7-10)9-3-4-12(18-2)11(14)5-9/h3-8,13,15H,1-2H3. The Kier molecular flexibility index (Phi) is 3.84. The summed E-state index contributed by atoms with van der Waals surface area (Å²) in [6.45, 7) is 0. The molecule has 4 nitrogen and oxygen atoms in total. The average molecular weight is 247 g/mol. The third-order valence-electron chi connectivity index (χ3n) is 2.71. The number of hydrogen-bond donors (Lipinski definition) is 1. The molecule has 0 aliphatic heterocycles. The van der Waals surface area contributed by atoms with E-state index in [2.05, 4.69) is 15.3 Å². The Morgan fingerprint density at radius 2 is 1.94 bits per heavy atom. The maximum Gasteiger partial charge on any atom is 0.165 e. The van der Waals surface area contributed by atoms with Gasteiger partial charge in [-0.05, 0) is 24.7 Å². The van der Waals surface area contributed by atoms with Gasteiger partial charge in [0.2, 0.25) is 0 Å². The highest BCUT2D eigenvalue weighted by molar-refractivity contribution is 5.35. The fourth-order valence-corrected chi connectivity index (χ4v) is 1.85. The molecule has 1 aromatic heterocycles. The Bertz CT molecular complexity index is 519. The number of benzene rings is 1. The second kappa shape index (κ2) is 5.55. The zero-order chi connectivity index (χ0) is 13.0.